The molecule has 0 unspecified atom stereocenters. The van der Waals surface area contributed by atoms with Gasteiger partial charge in [0.1, 0.15) is 0 Å². The number of hydrogen-bond acceptors (Lipinski definition) is 7. The normalized spacial score (nSPS) is 14.8. The lowest BCUT2D eigenvalue weighted by Crippen LogP contribution is -2.39. The summed E-state index contributed by atoms with van der Waals surface area (Å²) in [4.78, 5) is 22.5. The molecule has 3 heterocycles. The molecule has 0 N–H and O–H groups in total. The molecule has 1 aliphatic rings. The summed E-state index contributed by atoms with van der Waals surface area (Å²) in [7, 11) is 1.60. The molecule has 166 valence electrons. The van der Waals surface area contributed by atoms with Crippen molar-refractivity contribution >= 4 is 43.6 Å². The van der Waals surface area contributed by atoms with E-state index in [0.717, 1.165) is 54.9 Å². The number of aromatic nitrogens is 1. The molecular formula is C24H25N3O4S. The first-order chi connectivity index (χ1) is 15.7. The van der Waals surface area contributed by atoms with Crippen molar-refractivity contribution in [3.8, 4) is 5.75 Å². The summed E-state index contributed by atoms with van der Waals surface area (Å²) in [5, 5.41) is 1.52. The highest BCUT2D eigenvalue weighted by molar-refractivity contribution is 7.22. The SMILES string of the molecule is COc1cccc2cc(C(=O)N(CCCN3CCOCC3)c3nc4ccccc4s3)oc12. The highest BCUT2D eigenvalue weighted by Crippen LogP contribution is 2.32. The standard InChI is InChI=1S/C24H25N3O4S/c1-29-19-8-4-6-17-16-20(31-22(17)19)23(28)27(11-5-10-26-12-14-30-15-13-26)24-25-18-7-2-3-9-21(18)32-24/h2-4,6-9,16H,5,10-15H2,1H3. The first-order valence-corrected chi connectivity index (χ1v) is 11.6. The van der Waals surface area contributed by atoms with E-state index in [1.807, 2.05) is 42.5 Å². The van der Waals surface area contributed by atoms with Gasteiger partial charge in [0.25, 0.3) is 5.91 Å². The van der Waals surface area contributed by atoms with Crippen LogP contribution in [0.3, 0.4) is 0 Å². The molecule has 1 aliphatic heterocycles. The number of methoxy groups -OCH3 is 1. The zero-order valence-electron chi connectivity index (χ0n) is 18.0. The molecular weight excluding hydrogens is 426 g/mol. The van der Waals surface area contributed by atoms with Crippen molar-refractivity contribution < 1.29 is 18.7 Å². The molecule has 32 heavy (non-hydrogen) atoms. The van der Waals surface area contributed by atoms with Gasteiger partial charge < -0.3 is 13.9 Å². The third kappa shape index (κ3) is 4.21. The molecule has 8 heteroatoms. The summed E-state index contributed by atoms with van der Waals surface area (Å²) in [6.07, 6.45) is 0.839. The van der Waals surface area contributed by atoms with Gasteiger partial charge in [-0.2, -0.15) is 0 Å². The predicted molar refractivity (Wildman–Crippen MR) is 126 cm³/mol. The van der Waals surface area contributed by atoms with E-state index in [0.29, 0.717) is 23.0 Å². The van der Waals surface area contributed by atoms with Crippen LogP contribution in [0.2, 0.25) is 0 Å². The minimum absolute atomic E-state index is 0.190. The number of amides is 1. The number of carbonyl (C=O) groups excluding carboxylic acids is 1. The summed E-state index contributed by atoms with van der Waals surface area (Å²) in [5.41, 5.74) is 1.47. The maximum Gasteiger partial charge on any atom is 0.295 e. The molecule has 4 aromatic rings. The summed E-state index contributed by atoms with van der Waals surface area (Å²) < 4.78 is 17.8. The molecule has 0 radical (unpaired) electrons. The number of anilines is 1. The Bertz CT molecular complexity index is 1200. The number of para-hydroxylation sites is 2. The molecule has 2 aromatic heterocycles. The van der Waals surface area contributed by atoms with Crippen molar-refractivity contribution in [3.63, 3.8) is 0 Å². The van der Waals surface area contributed by atoms with Crippen LogP contribution < -0.4 is 9.64 Å². The third-order valence-corrected chi connectivity index (χ3v) is 6.72. The van der Waals surface area contributed by atoms with E-state index in [9.17, 15) is 4.79 Å². The van der Waals surface area contributed by atoms with Gasteiger partial charge in [0.15, 0.2) is 22.2 Å². The van der Waals surface area contributed by atoms with Gasteiger partial charge in [0.2, 0.25) is 0 Å². The number of hydrogen-bond donors (Lipinski definition) is 0. The Kier molecular flexibility index (Phi) is 6.07. The number of nitrogens with zero attached hydrogens (tertiary/aromatic N) is 3. The molecule has 5 rings (SSSR count). The summed E-state index contributed by atoms with van der Waals surface area (Å²) in [6, 6.07) is 15.4. The number of carbonyl (C=O) groups is 1. The van der Waals surface area contributed by atoms with E-state index in [4.69, 9.17) is 18.9 Å². The highest BCUT2D eigenvalue weighted by atomic mass is 32.1. The van der Waals surface area contributed by atoms with Gasteiger partial charge in [-0.15, -0.1) is 0 Å². The monoisotopic (exact) mass is 451 g/mol. The highest BCUT2D eigenvalue weighted by Gasteiger charge is 2.25. The van der Waals surface area contributed by atoms with Crippen molar-refractivity contribution in [2.24, 2.45) is 0 Å². The number of morpholine rings is 1. The molecule has 1 fully saturated rings. The lowest BCUT2D eigenvalue weighted by Gasteiger charge is -2.27. The van der Waals surface area contributed by atoms with E-state index >= 15 is 0 Å². The van der Waals surface area contributed by atoms with E-state index < -0.39 is 0 Å². The Hall–Kier alpha value is -2.94. The van der Waals surface area contributed by atoms with Crippen LogP contribution in [0.4, 0.5) is 5.13 Å². The largest absolute Gasteiger partial charge is 0.493 e. The predicted octanol–water partition coefficient (Wildman–Crippen LogP) is 4.42. The average Bonchev–Trinajstić information content (AvgIpc) is 3.46. The van der Waals surface area contributed by atoms with Gasteiger partial charge in [0, 0.05) is 31.6 Å². The number of thiazole rings is 1. The van der Waals surface area contributed by atoms with Gasteiger partial charge in [-0.05, 0) is 30.7 Å². The Morgan fingerprint density at radius 2 is 2.03 bits per heavy atom. The maximum atomic E-state index is 13.6. The maximum absolute atomic E-state index is 13.6. The summed E-state index contributed by atoms with van der Waals surface area (Å²) in [6.45, 7) is 4.86. The van der Waals surface area contributed by atoms with Crippen molar-refractivity contribution in [2.75, 3.05) is 51.4 Å². The van der Waals surface area contributed by atoms with Crippen molar-refractivity contribution in [2.45, 2.75) is 6.42 Å². The number of ether oxygens (including phenoxy) is 2. The van der Waals surface area contributed by atoms with Crippen LogP contribution in [-0.2, 0) is 4.74 Å². The van der Waals surface area contributed by atoms with Gasteiger partial charge >= 0.3 is 0 Å². The zero-order valence-corrected chi connectivity index (χ0v) is 18.8. The van der Waals surface area contributed by atoms with Gasteiger partial charge in [0.05, 0.1) is 30.5 Å². The van der Waals surface area contributed by atoms with Crippen molar-refractivity contribution in [1.82, 2.24) is 9.88 Å². The molecule has 0 bridgehead atoms. The van der Waals surface area contributed by atoms with Crippen LogP contribution in [0.25, 0.3) is 21.2 Å². The number of furan rings is 1. The topological polar surface area (TPSA) is 68.0 Å². The molecule has 0 spiro atoms. The third-order valence-electron chi connectivity index (χ3n) is 5.66. The first-order valence-electron chi connectivity index (χ1n) is 10.8. The average molecular weight is 452 g/mol. The fraction of sp³-hybridized carbons (Fsp3) is 0.333. The molecule has 0 aliphatic carbocycles. The first kappa shape index (κ1) is 20.9. The number of rotatable bonds is 7. The van der Waals surface area contributed by atoms with Crippen LogP contribution in [0.1, 0.15) is 17.0 Å². The number of fused-ring (bicyclic) bond motifs is 2. The molecule has 1 saturated heterocycles. The summed E-state index contributed by atoms with van der Waals surface area (Å²) in [5.74, 6) is 0.708. The summed E-state index contributed by atoms with van der Waals surface area (Å²) >= 11 is 1.52. The molecule has 7 nitrogen and oxygen atoms in total. The van der Waals surface area contributed by atoms with Crippen LogP contribution in [0.5, 0.6) is 5.75 Å². The van der Waals surface area contributed by atoms with Crippen molar-refractivity contribution in [1.29, 1.82) is 0 Å². The lowest BCUT2D eigenvalue weighted by molar-refractivity contribution is 0.0376. The minimum atomic E-state index is -0.190. The van der Waals surface area contributed by atoms with Crippen LogP contribution in [0.15, 0.2) is 52.9 Å². The van der Waals surface area contributed by atoms with Gasteiger partial charge in [-0.3, -0.25) is 14.6 Å². The van der Waals surface area contributed by atoms with Crippen LogP contribution in [-0.4, -0.2) is 62.3 Å². The number of benzene rings is 2. The van der Waals surface area contributed by atoms with Crippen LogP contribution >= 0.6 is 11.3 Å². The van der Waals surface area contributed by atoms with E-state index in [-0.39, 0.29) is 11.7 Å². The second-order valence-corrected chi connectivity index (χ2v) is 8.73. The fourth-order valence-electron chi connectivity index (χ4n) is 3.97. The molecule has 0 atom stereocenters. The molecule has 0 saturated carbocycles. The second-order valence-electron chi connectivity index (χ2n) is 7.72. The lowest BCUT2D eigenvalue weighted by atomic mass is 10.2. The Morgan fingerprint density at radius 1 is 1.19 bits per heavy atom. The second kappa shape index (κ2) is 9.28. The van der Waals surface area contributed by atoms with Gasteiger partial charge in [-0.1, -0.05) is 35.6 Å². The Balaban J connectivity index is 1.43. The Morgan fingerprint density at radius 3 is 2.84 bits per heavy atom. The molecule has 1 amide bonds. The minimum Gasteiger partial charge on any atom is -0.493 e. The van der Waals surface area contributed by atoms with Crippen LogP contribution in [0, 0.1) is 0 Å². The fourth-order valence-corrected chi connectivity index (χ4v) is 4.96. The van der Waals surface area contributed by atoms with Crippen molar-refractivity contribution in [3.05, 3.63) is 54.3 Å². The Labute approximate surface area is 190 Å². The van der Waals surface area contributed by atoms with Gasteiger partial charge in [-0.25, -0.2) is 4.98 Å². The van der Waals surface area contributed by atoms with E-state index in [2.05, 4.69) is 4.90 Å². The molecule has 2 aromatic carbocycles. The van der Waals surface area contributed by atoms with E-state index in [1.54, 1.807) is 18.1 Å². The van der Waals surface area contributed by atoms with E-state index in [1.165, 1.54) is 11.3 Å². The smallest absolute Gasteiger partial charge is 0.295 e. The quantitative estimate of drug-likeness (QED) is 0.414. The zero-order chi connectivity index (χ0) is 21.9.